The van der Waals surface area contributed by atoms with Gasteiger partial charge < -0.3 is 16.4 Å². The van der Waals surface area contributed by atoms with Crippen molar-refractivity contribution in [2.24, 2.45) is 0 Å². The molecule has 4 heteroatoms. The molecule has 0 bridgehead atoms. The van der Waals surface area contributed by atoms with Crippen LogP contribution in [-0.2, 0) is 4.79 Å². The quantitative estimate of drug-likeness (QED) is 0.589. The van der Waals surface area contributed by atoms with Crippen LogP contribution < -0.4 is 16.4 Å². The molecule has 0 heterocycles. The van der Waals surface area contributed by atoms with E-state index in [1.165, 1.54) is 0 Å². The molecule has 0 aliphatic heterocycles. The van der Waals surface area contributed by atoms with Crippen molar-refractivity contribution in [3.8, 4) is 0 Å². The van der Waals surface area contributed by atoms with Gasteiger partial charge in [0.25, 0.3) is 0 Å². The van der Waals surface area contributed by atoms with Gasteiger partial charge in [-0.05, 0) is 19.2 Å². The van der Waals surface area contributed by atoms with Crippen LogP contribution in [0.4, 0.5) is 11.4 Å². The Kier molecular flexibility index (Phi) is 3.28. The van der Waals surface area contributed by atoms with Gasteiger partial charge >= 0.3 is 0 Å². The average Bonchev–Trinajstić information content (AvgIpc) is 2.09. The minimum absolute atomic E-state index is 0.0969. The van der Waals surface area contributed by atoms with Crippen LogP contribution in [0, 0.1) is 0 Å². The SMILES string of the molecule is CNCC(=O)Nc1ccccc1N. The van der Waals surface area contributed by atoms with E-state index in [9.17, 15) is 4.79 Å². The van der Waals surface area contributed by atoms with Crippen molar-refractivity contribution in [3.05, 3.63) is 24.3 Å². The molecule has 0 saturated carbocycles. The summed E-state index contributed by atoms with van der Waals surface area (Å²) in [6.07, 6.45) is 0. The second kappa shape index (κ2) is 4.47. The van der Waals surface area contributed by atoms with Crippen LogP contribution in [0.5, 0.6) is 0 Å². The van der Waals surface area contributed by atoms with Gasteiger partial charge in [-0.2, -0.15) is 0 Å². The van der Waals surface area contributed by atoms with E-state index in [0.29, 0.717) is 11.4 Å². The average molecular weight is 179 g/mol. The lowest BCUT2D eigenvalue weighted by molar-refractivity contribution is -0.115. The first-order valence-corrected chi connectivity index (χ1v) is 4.03. The molecular formula is C9H13N3O. The monoisotopic (exact) mass is 179 g/mol. The molecule has 0 saturated heterocycles. The predicted molar refractivity (Wildman–Crippen MR) is 53.4 cm³/mol. The predicted octanol–water partition coefficient (Wildman–Crippen LogP) is 0.427. The Hall–Kier alpha value is -1.55. The van der Waals surface area contributed by atoms with Crippen molar-refractivity contribution in [1.29, 1.82) is 0 Å². The summed E-state index contributed by atoms with van der Waals surface area (Å²) in [6.45, 7) is 0.286. The molecule has 70 valence electrons. The van der Waals surface area contributed by atoms with Crippen molar-refractivity contribution in [2.75, 3.05) is 24.6 Å². The molecule has 1 aromatic carbocycles. The van der Waals surface area contributed by atoms with Crippen LogP contribution >= 0.6 is 0 Å². The van der Waals surface area contributed by atoms with Crippen LogP contribution in [0.2, 0.25) is 0 Å². The molecule has 0 atom stereocenters. The van der Waals surface area contributed by atoms with Crippen molar-refractivity contribution < 1.29 is 4.79 Å². The van der Waals surface area contributed by atoms with Crippen molar-refractivity contribution in [2.45, 2.75) is 0 Å². The second-order valence-electron chi connectivity index (χ2n) is 2.67. The molecule has 1 aromatic rings. The van der Waals surface area contributed by atoms with Crippen LogP contribution in [0.1, 0.15) is 0 Å². The van der Waals surface area contributed by atoms with Gasteiger partial charge in [-0.1, -0.05) is 12.1 Å². The number of anilines is 2. The largest absolute Gasteiger partial charge is 0.397 e. The number of carbonyl (C=O) groups is 1. The molecule has 0 radical (unpaired) electrons. The summed E-state index contributed by atoms with van der Waals surface area (Å²) in [7, 11) is 1.72. The van der Waals surface area contributed by atoms with Gasteiger partial charge in [-0.3, -0.25) is 4.79 Å². The Labute approximate surface area is 77.1 Å². The Morgan fingerprint density at radius 3 is 2.77 bits per heavy atom. The van der Waals surface area contributed by atoms with Crippen LogP contribution in [0.15, 0.2) is 24.3 Å². The van der Waals surface area contributed by atoms with Gasteiger partial charge in [0.05, 0.1) is 17.9 Å². The van der Waals surface area contributed by atoms with Gasteiger partial charge in [0.2, 0.25) is 5.91 Å². The molecule has 1 rings (SSSR count). The number of nitrogens with two attached hydrogens (primary N) is 1. The minimum atomic E-state index is -0.0969. The molecular weight excluding hydrogens is 166 g/mol. The summed E-state index contributed by atoms with van der Waals surface area (Å²) < 4.78 is 0. The van der Waals surface area contributed by atoms with Gasteiger partial charge in [-0.25, -0.2) is 0 Å². The number of benzene rings is 1. The Bertz CT molecular complexity index is 299. The minimum Gasteiger partial charge on any atom is -0.397 e. The Morgan fingerprint density at radius 2 is 2.15 bits per heavy atom. The molecule has 0 aliphatic rings. The lowest BCUT2D eigenvalue weighted by atomic mass is 10.2. The normalized spacial score (nSPS) is 9.62. The van der Waals surface area contributed by atoms with Crippen molar-refractivity contribution in [3.63, 3.8) is 0 Å². The molecule has 13 heavy (non-hydrogen) atoms. The van der Waals surface area contributed by atoms with Gasteiger partial charge in [0.1, 0.15) is 0 Å². The van der Waals surface area contributed by atoms with Gasteiger partial charge in [0.15, 0.2) is 0 Å². The zero-order valence-corrected chi connectivity index (χ0v) is 7.50. The van der Waals surface area contributed by atoms with Crippen LogP contribution in [0.25, 0.3) is 0 Å². The number of likely N-dealkylation sites (N-methyl/N-ethyl adjacent to an activating group) is 1. The molecule has 0 unspecified atom stereocenters. The number of amides is 1. The van der Waals surface area contributed by atoms with Crippen molar-refractivity contribution in [1.82, 2.24) is 5.32 Å². The zero-order chi connectivity index (χ0) is 9.68. The van der Waals surface area contributed by atoms with E-state index in [4.69, 9.17) is 5.73 Å². The maximum absolute atomic E-state index is 11.1. The summed E-state index contributed by atoms with van der Waals surface area (Å²) in [5, 5.41) is 5.44. The number of hydrogen-bond donors (Lipinski definition) is 3. The summed E-state index contributed by atoms with van der Waals surface area (Å²) in [5.41, 5.74) is 6.86. The van der Waals surface area contributed by atoms with Gasteiger partial charge in [-0.15, -0.1) is 0 Å². The third-order valence-electron chi connectivity index (χ3n) is 1.57. The molecule has 0 aromatic heterocycles. The third-order valence-corrected chi connectivity index (χ3v) is 1.57. The highest BCUT2D eigenvalue weighted by Crippen LogP contribution is 2.15. The first-order chi connectivity index (χ1) is 6.24. The van der Waals surface area contributed by atoms with E-state index in [1.54, 1.807) is 19.2 Å². The molecule has 4 N–H and O–H groups in total. The zero-order valence-electron chi connectivity index (χ0n) is 7.50. The van der Waals surface area contributed by atoms with E-state index in [0.717, 1.165) is 0 Å². The maximum atomic E-state index is 11.1. The summed E-state index contributed by atoms with van der Waals surface area (Å²) >= 11 is 0. The summed E-state index contributed by atoms with van der Waals surface area (Å²) in [4.78, 5) is 11.1. The highest BCUT2D eigenvalue weighted by molar-refractivity contribution is 5.94. The van der Waals surface area contributed by atoms with Crippen LogP contribution in [0.3, 0.4) is 0 Å². The first kappa shape index (κ1) is 9.54. The lowest BCUT2D eigenvalue weighted by Crippen LogP contribution is -2.25. The molecule has 0 aliphatic carbocycles. The number of nitrogens with one attached hydrogen (secondary N) is 2. The smallest absolute Gasteiger partial charge is 0.238 e. The number of carbonyl (C=O) groups excluding carboxylic acids is 1. The second-order valence-corrected chi connectivity index (χ2v) is 2.67. The van der Waals surface area contributed by atoms with E-state index in [2.05, 4.69) is 10.6 Å². The van der Waals surface area contributed by atoms with E-state index in [-0.39, 0.29) is 12.5 Å². The van der Waals surface area contributed by atoms with Gasteiger partial charge in [0, 0.05) is 0 Å². The molecule has 0 spiro atoms. The Balaban J connectivity index is 2.63. The highest BCUT2D eigenvalue weighted by Gasteiger charge is 2.01. The topological polar surface area (TPSA) is 67.2 Å². The van der Waals surface area contributed by atoms with E-state index < -0.39 is 0 Å². The number of nitrogen functional groups attached to an aromatic ring is 1. The van der Waals surface area contributed by atoms with E-state index >= 15 is 0 Å². The maximum Gasteiger partial charge on any atom is 0.238 e. The number of hydrogen-bond acceptors (Lipinski definition) is 3. The number of rotatable bonds is 3. The highest BCUT2D eigenvalue weighted by atomic mass is 16.1. The fourth-order valence-corrected chi connectivity index (χ4v) is 0.966. The number of para-hydroxylation sites is 2. The van der Waals surface area contributed by atoms with Crippen molar-refractivity contribution >= 4 is 17.3 Å². The first-order valence-electron chi connectivity index (χ1n) is 4.03. The molecule has 4 nitrogen and oxygen atoms in total. The fraction of sp³-hybridized carbons (Fsp3) is 0.222. The summed E-state index contributed by atoms with van der Waals surface area (Å²) in [6, 6.07) is 7.16. The molecule has 1 amide bonds. The standard InChI is InChI=1S/C9H13N3O/c1-11-6-9(13)12-8-5-3-2-4-7(8)10/h2-5,11H,6,10H2,1H3,(H,12,13). The lowest BCUT2D eigenvalue weighted by Gasteiger charge is -2.06. The van der Waals surface area contributed by atoms with Crippen LogP contribution in [-0.4, -0.2) is 19.5 Å². The fourth-order valence-electron chi connectivity index (χ4n) is 0.966. The summed E-state index contributed by atoms with van der Waals surface area (Å²) in [5.74, 6) is -0.0969. The van der Waals surface area contributed by atoms with E-state index in [1.807, 2.05) is 12.1 Å². The third kappa shape index (κ3) is 2.76. The molecule has 0 fully saturated rings. The Morgan fingerprint density at radius 1 is 1.46 bits per heavy atom.